The van der Waals surface area contributed by atoms with E-state index in [0.717, 1.165) is 21.7 Å². The first kappa shape index (κ1) is 13.8. The Kier molecular flexibility index (Phi) is 4.35. The van der Waals surface area contributed by atoms with Gasteiger partial charge in [0.1, 0.15) is 0 Å². The van der Waals surface area contributed by atoms with E-state index in [2.05, 4.69) is 6.07 Å². The van der Waals surface area contributed by atoms with Crippen molar-refractivity contribution in [3.63, 3.8) is 0 Å². The van der Waals surface area contributed by atoms with Crippen molar-refractivity contribution in [3.05, 3.63) is 51.7 Å². The van der Waals surface area contributed by atoms with E-state index in [1.807, 2.05) is 43.5 Å². The molecule has 0 spiro atoms. The SMILES string of the molecule is Cc1cc(C)cc(N(Cc2cccs2)C(=O)CN)c1. The van der Waals surface area contributed by atoms with Crippen LogP contribution in [0.3, 0.4) is 0 Å². The molecular formula is C15H18N2OS. The van der Waals surface area contributed by atoms with Gasteiger partial charge in [-0.1, -0.05) is 12.1 Å². The number of amides is 1. The van der Waals surface area contributed by atoms with E-state index in [-0.39, 0.29) is 12.5 Å². The Hall–Kier alpha value is -1.65. The molecule has 0 aliphatic rings. The van der Waals surface area contributed by atoms with Crippen molar-refractivity contribution >= 4 is 22.9 Å². The summed E-state index contributed by atoms with van der Waals surface area (Å²) in [7, 11) is 0. The van der Waals surface area contributed by atoms with Gasteiger partial charge in [0.25, 0.3) is 0 Å². The third-order valence-corrected chi connectivity index (χ3v) is 3.75. The monoisotopic (exact) mass is 274 g/mol. The fourth-order valence-corrected chi connectivity index (χ4v) is 2.79. The van der Waals surface area contributed by atoms with Gasteiger partial charge in [-0.25, -0.2) is 0 Å². The van der Waals surface area contributed by atoms with Gasteiger partial charge in [0.2, 0.25) is 5.91 Å². The maximum atomic E-state index is 12.1. The van der Waals surface area contributed by atoms with E-state index in [9.17, 15) is 4.79 Å². The van der Waals surface area contributed by atoms with E-state index in [1.165, 1.54) is 0 Å². The molecule has 0 saturated carbocycles. The number of benzene rings is 1. The van der Waals surface area contributed by atoms with Gasteiger partial charge in [0, 0.05) is 10.6 Å². The molecule has 2 rings (SSSR count). The number of rotatable bonds is 4. The summed E-state index contributed by atoms with van der Waals surface area (Å²) in [6.45, 7) is 4.68. The number of carbonyl (C=O) groups is 1. The molecule has 1 heterocycles. The molecule has 0 fully saturated rings. The number of thiophene rings is 1. The molecule has 0 bridgehead atoms. The predicted molar refractivity (Wildman–Crippen MR) is 80.5 cm³/mol. The van der Waals surface area contributed by atoms with Crippen LogP contribution >= 0.6 is 11.3 Å². The maximum absolute atomic E-state index is 12.1. The van der Waals surface area contributed by atoms with Crippen molar-refractivity contribution in [2.45, 2.75) is 20.4 Å². The molecule has 0 aliphatic heterocycles. The average Bonchev–Trinajstić information content (AvgIpc) is 2.86. The highest BCUT2D eigenvalue weighted by Crippen LogP contribution is 2.22. The van der Waals surface area contributed by atoms with E-state index < -0.39 is 0 Å². The van der Waals surface area contributed by atoms with Crippen LogP contribution in [0.5, 0.6) is 0 Å². The lowest BCUT2D eigenvalue weighted by atomic mass is 10.1. The van der Waals surface area contributed by atoms with Gasteiger partial charge < -0.3 is 10.6 Å². The van der Waals surface area contributed by atoms with Crippen LogP contribution in [0.25, 0.3) is 0 Å². The Morgan fingerprint density at radius 3 is 2.47 bits per heavy atom. The van der Waals surface area contributed by atoms with E-state index in [1.54, 1.807) is 16.2 Å². The van der Waals surface area contributed by atoms with E-state index >= 15 is 0 Å². The van der Waals surface area contributed by atoms with Gasteiger partial charge in [-0.05, 0) is 48.6 Å². The van der Waals surface area contributed by atoms with Gasteiger partial charge in [-0.15, -0.1) is 11.3 Å². The van der Waals surface area contributed by atoms with E-state index in [0.29, 0.717) is 6.54 Å². The molecule has 1 amide bonds. The number of anilines is 1. The Morgan fingerprint density at radius 2 is 1.95 bits per heavy atom. The summed E-state index contributed by atoms with van der Waals surface area (Å²) in [5.74, 6) is -0.0570. The third-order valence-electron chi connectivity index (χ3n) is 2.89. The molecule has 0 radical (unpaired) electrons. The highest BCUT2D eigenvalue weighted by atomic mass is 32.1. The maximum Gasteiger partial charge on any atom is 0.241 e. The fourth-order valence-electron chi connectivity index (χ4n) is 2.10. The number of hydrogen-bond donors (Lipinski definition) is 1. The van der Waals surface area contributed by atoms with Crippen LogP contribution in [0, 0.1) is 13.8 Å². The van der Waals surface area contributed by atoms with Gasteiger partial charge in [0.05, 0.1) is 13.1 Å². The molecule has 2 aromatic rings. The van der Waals surface area contributed by atoms with Crippen molar-refractivity contribution in [3.8, 4) is 0 Å². The highest BCUT2D eigenvalue weighted by Gasteiger charge is 2.15. The second-order valence-electron chi connectivity index (χ2n) is 4.61. The molecule has 3 nitrogen and oxygen atoms in total. The first-order chi connectivity index (χ1) is 9.10. The quantitative estimate of drug-likeness (QED) is 0.932. The lowest BCUT2D eigenvalue weighted by Gasteiger charge is -2.22. The lowest BCUT2D eigenvalue weighted by Crippen LogP contribution is -2.35. The number of carbonyl (C=O) groups excluding carboxylic acids is 1. The van der Waals surface area contributed by atoms with Crippen LogP contribution in [0.1, 0.15) is 16.0 Å². The number of hydrogen-bond acceptors (Lipinski definition) is 3. The summed E-state index contributed by atoms with van der Waals surface area (Å²) in [6, 6.07) is 10.2. The second-order valence-corrected chi connectivity index (χ2v) is 5.64. The van der Waals surface area contributed by atoms with Crippen molar-refractivity contribution in [2.75, 3.05) is 11.4 Å². The van der Waals surface area contributed by atoms with E-state index in [4.69, 9.17) is 5.73 Å². The zero-order chi connectivity index (χ0) is 13.8. The molecular weight excluding hydrogens is 256 g/mol. The minimum Gasteiger partial charge on any atom is -0.322 e. The Labute approximate surface area is 117 Å². The minimum atomic E-state index is -0.0570. The second kappa shape index (κ2) is 5.99. The summed E-state index contributed by atoms with van der Waals surface area (Å²) in [5, 5.41) is 2.02. The number of nitrogens with two attached hydrogens (primary N) is 1. The number of nitrogens with zero attached hydrogens (tertiary/aromatic N) is 1. The van der Waals surface area contributed by atoms with Crippen molar-refractivity contribution in [2.24, 2.45) is 5.73 Å². The fraction of sp³-hybridized carbons (Fsp3) is 0.267. The molecule has 100 valence electrons. The molecule has 0 aliphatic carbocycles. The first-order valence-electron chi connectivity index (χ1n) is 6.21. The summed E-state index contributed by atoms with van der Waals surface area (Å²) in [6.07, 6.45) is 0. The molecule has 0 saturated heterocycles. The summed E-state index contributed by atoms with van der Waals surface area (Å²) in [5.41, 5.74) is 8.74. The molecule has 2 N–H and O–H groups in total. The largest absolute Gasteiger partial charge is 0.322 e. The van der Waals surface area contributed by atoms with Gasteiger partial charge in [0.15, 0.2) is 0 Å². The van der Waals surface area contributed by atoms with Gasteiger partial charge >= 0.3 is 0 Å². The first-order valence-corrected chi connectivity index (χ1v) is 7.09. The Balaban J connectivity index is 2.34. The Bertz CT molecular complexity index is 543. The van der Waals surface area contributed by atoms with Crippen LogP contribution in [0.4, 0.5) is 5.69 Å². The minimum absolute atomic E-state index is 0.0262. The molecule has 4 heteroatoms. The lowest BCUT2D eigenvalue weighted by molar-refractivity contribution is -0.117. The van der Waals surface area contributed by atoms with Crippen molar-refractivity contribution in [1.29, 1.82) is 0 Å². The zero-order valence-corrected chi connectivity index (χ0v) is 12.0. The molecule has 1 aromatic carbocycles. The third kappa shape index (κ3) is 3.43. The molecule has 19 heavy (non-hydrogen) atoms. The molecule has 1 aromatic heterocycles. The molecule has 0 unspecified atom stereocenters. The van der Waals surface area contributed by atoms with Gasteiger partial charge in [-0.2, -0.15) is 0 Å². The smallest absolute Gasteiger partial charge is 0.241 e. The van der Waals surface area contributed by atoms with Crippen LogP contribution in [0.2, 0.25) is 0 Å². The van der Waals surface area contributed by atoms with Crippen LogP contribution in [-0.2, 0) is 11.3 Å². The summed E-state index contributed by atoms with van der Waals surface area (Å²) < 4.78 is 0. The average molecular weight is 274 g/mol. The van der Waals surface area contributed by atoms with Crippen LogP contribution in [0.15, 0.2) is 35.7 Å². The summed E-state index contributed by atoms with van der Waals surface area (Å²) >= 11 is 1.65. The summed E-state index contributed by atoms with van der Waals surface area (Å²) in [4.78, 5) is 15.0. The van der Waals surface area contributed by atoms with Crippen LogP contribution in [-0.4, -0.2) is 12.5 Å². The molecule has 0 atom stereocenters. The topological polar surface area (TPSA) is 46.3 Å². The highest BCUT2D eigenvalue weighted by molar-refractivity contribution is 7.09. The van der Waals surface area contributed by atoms with Crippen molar-refractivity contribution < 1.29 is 4.79 Å². The van der Waals surface area contributed by atoms with Crippen LogP contribution < -0.4 is 10.6 Å². The predicted octanol–water partition coefficient (Wildman–Crippen LogP) is 2.86. The van der Waals surface area contributed by atoms with Gasteiger partial charge in [-0.3, -0.25) is 4.79 Å². The Morgan fingerprint density at radius 1 is 1.26 bits per heavy atom. The standard InChI is InChI=1S/C15H18N2OS/c1-11-6-12(2)8-13(7-11)17(15(18)9-16)10-14-4-3-5-19-14/h3-8H,9-10,16H2,1-2H3. The number of aryl methyl sites for hydroxylation is 2. The van der Waals surface area contributed by atoms with Crippen molar-refractivity contribution in [1.82, 2.24) is 0 Å². The normalized spacial score (nSPS) is 10.5. The zero-order valence-electron chi connectivity index (χ0n) is 11.2.